The molecule has 2 aromatic rings. The fourth-order valence-electron chi connectivity index (χ4n) is 2.87. The van der Waals surface area contributed by atoms with Gasteiger partial charge in [0.25, 0.3) is 5.91 Å². The van der Waals surface area contributed by atoms with E-state index in [1.54, 1.807) is 12.1 Å². The second-order valence-electron chi connectivity index (χ2n) is 5.80. The van der Waals surface area contributed by atoms with Crippen molar-refractivity contribution in [3.8, 4) is 5.75 Å². The summed E-state index contributed by atoms with van der Waals surface area (Å²) in [6.45, 7) is 3.33. The molecule has 1 fully saturated rings. The number of thiazole rings is 1. The normalized spacial score (nSPS) is 16.0. The van der Waals surface area contributed by atoms with Crippen LogP contribution in [-0.4, -0.2) is 34.9 Å². The molecule has 1 amide bonds. The Hall–Kier alpha value is -1.41. The van der Waals surface area contributed by atoms with E-state index in [1.807, 2.05) is 11.8 Å². The summed E-state index contributed by atoms with van der Waals surface area (Å²) in [5.41, 5.74) is 6.47. The van der Waals surface area contributed by atoms with Crippen LogP contribution in [0.2, 0.25) is 0 Å². The number of benzene rings is 1. The Morgan fingerprint density at radius 3 is 2.73 bits per heavy atom. The van der Waals surface area contributed by atoms with Gasteiger partial charge in [-0.3, -0.25) is 4.79 Å². The summed E-state index contributed by atoms with van der Waals surface area (Å²) in [7, 11) is 0. The molecule has 0 spiro atoms. The molecule has 1 atom stereocenters. The number of rotatable bonds is 5. The molecule has 1 unspecified atom stereocenters. The van der Waals surface area contributed by atoms with Crippen LogP contribution in [0.4, 0.5) is 4.39 Å². The lowest BCUT2D eigenvalue weighted by Gasteiger charge is -2.22. The van der Waals surface area contributed by atoms with E-state index < -0.39 is 0 Å². The van der Waals surface area contributed by atoms with Gasteiger partial charge in [0.05, 0.1) is 5.69 Å². The van der Waals surface area contributed by atoms with Crippen molar-refractivity contribution in [1.29, 1.82) is 0 Å². The summed E-state index contributed by atoms with van der Waals surface area (Å²) in [6, 6.07) is 5.95. The second-order valence-corrected chi connectivity index (χ2v) is 6.88. The molecule has 1 saturated heterocycles. The maximum absolute atomic E-state index is 12.9. The largest absolute Gasteiger partial charge is 0.486 e. The molecule has 3 rings (SSSR count). The Labute approximate surface area is 168 Å². The molecule has 26 heavy (non-hydrogen) atoms. The number of amides is 1. The number of carbonyl (C=O) groups excluding carboxylic acids is 1. The maximum Gasteiger partial charge on any atom is 0.266 e. The number of aryl methyl sites for hydroxylation is 1. The molecule has 1 aliphatic heterocycles. The molecule has 0 aliphatic carbocycles. The van der Waals surface area contributed by atoms with Gasteiger partial charge in [0.15, 0.2) is 0 Å². The summed E-state index contributed by atoms with van der Waals surface area (Å²) in [4.78, 5) is 19.6. The molecule has 1 aromatic heterocycles. The van der Waals surface area contributed by atoms with Crippen LogP contribution in [0.1, 0.15) is 33.2 Å². The molecule has 9 heteroatoms. The minimum atomic E-state index is -0.305. The van der Waals surface area contributed by atoms with E-state index in [9.17, 15) is 9.18 Å². The van der Waals surface area contributed by atoms with Crippen LogP contribution < -0.4 is 10.5 Å². The van der Waals surface area contributed by atoms with Gasteiger partial charge >= 0.3 is 0 Å². The van der Waals surface area contributed by atoms with Crippen LogP contribution in [-0.2, 0) is 6.61 Å². The summed E-state index contributed by atoms with van der Waals surface area (Å²) >= 11 is 1.35. The summed E-state index contributed by atoms with van der Waals surface area (Å²) in [5, 5.41) is 0.726. The zero-order valence-electron chi connectivity index (χ0n) is 14.3. The third-order valence-electron chi connectivity index (χ3n) is 4.12. The number of ether oxygens (including phenoxy) is 1. The maximum atomic E-state index is 12.9. The monoisotopic (exact) mass is 421 g/mol. The fourth-order valence-corrected chi connectivity index (χ4v) is 3.80. The Kier molecular flexibility index (Phi) is 8.76. The van der Waals surface area contributed by atoms with E-state index in [2.05, 4.69) is 4.98 Å². The molecule has 5 nitrogen and oxygen atoms in total. The highest BCUT2D eigenvalue weighted by molar-refractivity contribution is 7.13. The number of hydrogen-bond acceptors (Lipinski definition) is 5. The molecule has 0 bridgehead atoms. The first kappa shape index (κ1) is 22.6. The number of halogens is 3. The average Bonchev–Trinajstić information content (AvgIpc) is 3.20. The van der Waals surface area contributed by atoms with Crippen molar-refractivity contribution in [1.82, 2.24) is 9.88 Å². The topological polar surface area (TPSA) is 68.5 Å². The van der Waals surface area contributed by atoms with Gasteiger partial charge in [-0.25, -0.2) is 9.37 Å². The summed E-state index contributed by atoms with van der Waals surface area (Å²) in [5.74, 6) is 0.270. The van der Waals surface area contributed by atoms with Crippen LogP contribution >= 0.6 is 36.2 Å². The molecule has 0 saturated carbocycles. The first-order chi connectivity index (χ1) is 11.6. The molecule has 144 valence electrons. The fraction of sp³-hybridized carbons (Fsp3) is 0.412. The predicted octanol–water partition coefficient (Wildman–Crippen LogP) is 3.58. The van der Waals surface area contributed by atoms with Gasteiger partial charge < -0.3 is 15.4 Å². The molecule has 2 heterocycles. The third-order valence-corrected chi connectivity index (χ3v) is 5.24. The average molecular weight is 422 g/mol. The SMILES string of the molecule is Cc1nc(COc2ccc(F)cc2)sc1C(=O)N1CCCC1CN.Cl.Cl. The van der Waals surface area contributed by atoms with Gasteiger partial charge in [-0.15, -0.1) is 36.2 Å². The first-order valence-electron chi connectivity index (χ1n) is 7.94. The van der Waals surface area contributed by atoms with Gasteiger partial charge in [-0.05, 0) is 44.0 Å². The third kappa shape index (κ3) is 5.07. The number of nitrogens with zero attached hydrogens (tertiary/aromatic N) is 2. The lowest BCUT2D eigenvalue weighted by atomic mass is 10.2. The van der Waals surface area contributed by atoms with Crippen molar-refractivity contribution in [2.45, 2.75) is 32.4 Å². The van der Waals surface area contributed by atoms with Gasteiger partial charge in [0.1, 0.15) is 28.1 Å². The van der Waals surface area contributed by atoms with Crippen molar-refractivity contribution >= 4 is 42.1 Å². The lowest BCUT2D eigenvalue weighted by molar-refractivity contribution is 0.0745. The van der Waals surface area contributed by atoms with Crippen molar-refractivity contribution in [3.63, 3.8) is 0 Å². The van der Waals surface area contributed by atoms with E-state index in [1.165, 1.54) is 23.5 Å². The van der Waals surface area contributed by atoms with Crippen LogP contribution in [0, 0.1) is 12.7 Å². The molecule has 1 aliphatic rings. The highest BCUT2D eigenvalue weighted by atomic mass is 35.5. The Morgan fingerprint density at radius 1 is 1.38 bits per heavy atom. The molecule has 2 N–H and O–H groups in total. The summed E-state index contributed by atoms with van der Waals surface area (Å²) in [6.07, 6.45) is 1.95. The Morgan fingerprint density at radius 2 is 2.08 bits per heavy atom. The van der Waals surface area contributed by atoms with Gasteiger partial charge in [0, 0.05) is 19.1 Å². The van der Waals surface area contributed by atoms with E-state index in [-0.39, 0.29) is 49.2 Å². The van der Waals surface area contributed by atoms with Crippen molar-refractivity contribution in [2.75, 3.05) is 13.1 Å². The number of carbonyl (C=O) groups is 1. The highest BCUT2D eigenvalue weighted by Gasteiger charge is 2.30. The van der Waals surface area contributed by atoms with Gasteiger partial charge in [0.2, 0.25) is 0 Å². The molecular formula is C17H22Cl2FN3O2S. The zero-order valence-corrected chi connectivity index (χ0v) is 16.8. The van der Waals surface area contributed by atoms with E-state index in [4.69, 9.17) is 10.5 Å². The Balaban J connectivity index is 0.00000169. The van der Waals surface area contributed by atoms with Crippen molar-refractivity contribution in [3.05, 3.63) is 45.7 Å². The zero-order chi connectivity index (χ0) is 17.1. The van der Waals surface area contributed by atoms with Crippen LogP contribution in [0.15, 0.2) is 24.3 Å². The molecular weight excluding hydrogens is 400 g/mol. The van der Waals surface area contributed by atoms with Crippen LogP contribution in [0.5, 0.6) is 5.75 Å². The smallest absolute Gasteiger partial charge is 0.266 e. The van der Waals surface area contributed by atoms with Crippen LogP contribution in [0.3, 0.4) is 0 Å². The second kappa shape index (κ2) is 10.1. The van der Waals surface area contributed by atoms with Gasteiger partial charge in [-0.2, -0.15) is 0 Å². The van der Waals surface area contributed by atoms with Crippen LogP contribution in [0.25, 0.3) is 0 Å². The number of nitrogens with two attached hydrogens (primary N) is 1. The van der Waals surface area contributed by atoms with Gasteiger partial charge in [-0.1, -0.05) is 0 Å². The quantitative estimate of drug-likeness (QED) is 0.800. The highest BCUT2D eigenvalue weighted by Crippen LogP contribution is 2.25. The lowest BCUT2D eigenvalue weighted by Crippen LogP contribution is -2.39. The number of aromatic nitrogens is 1. The number of hydrogen-bond donors (Lipinski definition) is 1. The molecule has 0 radical (unpaired) electrons. The van der Waals surface area contributed by atoms with Crippen molar-refractivity contribution < 1.29 is 13.9 Å². The first-order valence-corrected chi connectivity index (χ1v) is 8.76. The van der Waals surface area contributed by atoms with E-state index >= 15 is 0 Å². The Bertz CT molecular complexity index is 727. The van der Waals surface area contributed by atoms with E-state index in [0.29, 0.717) is 22.9 Å². The van der Waals surface area contributed by atoms with E-state index in [0.717, 1.165) is 24.4 Å². The predicted molar refractivity (Wildman–Crippen MR) is 105 cm³/mol. The number of likely N-dealkylation sites (tertiary alicyclic amines) is 1. The standard InChI is InChI=1S/C17H20FN3O2S.2ClH/c1-11-16(17(22)21-8-2-3-13(21)9-19)24-15(20-11)10-23-14-6-4-12(18)5-7-14;;/h4-7,13H,2-3,8-10,19H2,1H3;2*1H. The van der Waals surface area contributed by atoms with Crippen molar-refractivity contribution in [2.24, 2.45) is 5.73 Å². The minimum absolute atomic E-state index is 0. The molecule has 1 aromatic carbocycles. The minimum Gasteiger partial charge on any atom is -0.486 e. The summed E-state index contributed by atoms with van der Waals surface area (Å²) < 4.78 is 18.5.